The molecule has 4 heterocycles. The van der Waals surface area contributed by atoms with E-state index in [1.807, 2.05) is 4.90 Å². The Labute approximate surface area is 167 Å². The highest BCUT2D eigenvalue weighted by molar-refractivity contribution is 5.96. The number of carbonyl (C=O) groups is 2. The summed E-state index contributed by atoms with van der Waals surface area (Å²) in [5.74, 6) is 1.45. The number of carbonyl (C=O) groups excluding carboxylic acids is 2. The fourth-order valence-electron chi connectivity index (χ4n) is 5.74. The third kappa shape index (κ3) is 3.25. The van der Waals surface area contributed by atoms with Gasteiger partial charge in [-0.1, -0.05) is 25.7 Å². The van der Waals surface area contributed by atoms with Gasteiger partial charge in [0.05, 0.1) is 23.4 Å². The van der Waals surface area contributed by atoms with Gasteiger partial charge in [-0.05, 0) is 44.4 Å². The number of hydrogen-bond donors (Lipinski definition) is 1. The number of H-pyrrole nitrogens is 1. The Hall–Kier alpha value is -1.85. The van der Waals surface area contributed by atoms with Crippen LogP contribution in [0.15, 0.2) is 6.20 Å². The fourth-order valence-corrected chi connectivity index (χ4v) is 5.74. The molecule has 0 radical (unpaired) electrons. The molecule has 1 N–H and O–H groups in total. The minimum absolute atomic E-state index is 0.0205. The Morgan fingerprint density at radius 2 is 1.82 bits per heavy atom. The first kappa shape index (κ1) is 18.2. The zero-order valence-corrected chi connectivity index (χ0v) is 16.7. The van der Waals surface area contributed by atoms with Crippen LogP contribution >= 0.6 is 0 Å². The molecule has 2 bridgehead atoms. The number of aromatic nitrogens is 2. The summed E-state index contributed by atoms with van der Waals surface area (Å²) in [5, 5.41) is 7.36. The molecule has 2 atom stereocenters. The molecule has 6 nitrogen and oxygen atoms in total. The molecule has 2 saturated carbocycles. The maximum absolute atomic E-state index is 13.4. The van der Waals surface area contributed by atoms with Gasteiger partial charge >= 0.3 is 0 Å². The lowest BCUT2D eigenvalue weighted by Crippen LogP contribution is -2.50. The van der Waals surface area contributed by atoms with Crippen molar-refractivity contribution in [1.82, 2.24) is 20.0 Å². The highest BCUT2D eigenvalue weighted by Crippen LogP contribution is 2.36. The number of piperidine rings is 1. The third-order valence-electron chi connectivity index (χ3n) is 7.67. The average molecular weight is 385 g/mol. The molecule has 5 fully saturated rings. The van der Waals surface area contributed by atoms with E-state index in [1.165, 1.54) is 38.5 Å². The van der Waals surface area contributed by atoms with Gasteiger partial charge in [-0.3, -0.25) is 14.7 Å². The van der Waals surface area contributed by atoms with E-state index in [0.717, 1.165) is 43.5 Å². The Bertz CT molecular complexity index is 735. The molecule has 0 spiro atoms. The molecule has 5 aliphatic rings. The molecule has 0 aromatic carbocycles. The zero-order chi connectivity index (χ0) is 19.1. The van der Waals surface area contributed by atoms with Crippen LogP contribution < -0.4 is 0 Å². The summed E-state index contributed by atoms with van der Waals surface area (Å²) >= 11 is 0. The van der Waals surface area contributed by atoms with Crippen LogP contribution in [0.1, 0.15) is 86.2 Å². The van der Waals surface area contributed by atoms with E-state index in [0.29, 0.717) is 24.9 Å². The SMILES string of the molecule is O=C(c1cn[nH]c1C1CCCCC1)N1C[C@@H]2CC[C@H](C1)N(CC1CCC1)C2=O. The number of nitrogens with one attached hydrogen (secondary N) is 1. The summed E-state index contributed by atoms with van der Waals surface area (Å²) in [6.07, 6.45) is 13.5. The standard InChI is InChI=1S/C22H32N4O2/c27-21-17-9-10-18(26(21)12-15-5-4-6-15)14-25(13-17)22(28)19-11-23-24-20(19)16-7-2-1-3-8-16/h11,15-18H,1-10,12-14H2,(H,23,24)/t17-,18+/m0/s1. The van der Waals surface area contributed by atoms with Crippen molar-refractivity contribution in [3.05, 3.63) is 17.5 Å². The molecule has 1 aromatic heterocycles. The fraction of sp³-hybridized carbons (Fsp3) is 0.773. The predicted octanol–water partition coefficient (Wildman–Crippen LogP) is 3.32. The van der Waals surface area contributed by atoms with E-state index in [9.17, 15) is 9.59 Å². The summed E-state index contributed by atoms with van der Waals surface area (Å²) in [5.41, 5.74) is 1.77. The van der Waals surface area contributed by atoms with E-state index in [2.05, 4.69) is 15.1 Å². The lowest BCUT2D eigenvalue weighted by atomic mass is 9.83. The maximum atomic E-state index is 13.4. The number of rotatable bonds is 4. The molecule has 3 saturated heterocycles. The average Bonchev–Trinajstić information content (AvgIpc) is 3.02. The minimum Gasteiger partial charge on any atom is -0.337 e. The molecule has 3 aliphatic heterocycles. The first-order chi connectivity index (χ1) is 13.7. The highest BCUT2D eigenvalue weighted by atomic mass is 16.2. The molecule has 152 valence electrons. The molecule has 6 rings (SSSR count). The molecular formula is C22H32N4O2. The Morgan fingerprint density at radius 1 is 1.00 bits per heavy atom. The highest BCUT2D eigenvalue weighted by Gasteiger charge is 2.43. The van der Waals surface area contributed by atoms with Gasteiger partial charge in [-0.15, -0.1) is 0 Å². The van der Waals surface area contributed by atoms with Gasteiger partial charge < -0.3 is 9.80 Å². The molecule has 28 heavy (non-hydrogen) atoms. The van der Waals surface area contributed by atoms with Crippen LogP contribution in [-0.4, -0.2) is 57.5 Å². The van der Waals surface area contributed by atoms with Crippen molar-refractivity contribution in [2.75, 3.05) is 19.6 Å². The van der Waals surface area contributed by atoms with E-state index < -0.39 is 0 Å². The van der Waals surface area contributed by atoms with Gasteiger partial charge in [-0.25, -0.2) is 0 Å². The van der Waals surface area contributed by atoms with Crippen LogP contribution in [-0.2, 0) is 4.79 Å². The summed E-state index contributed by atoms with van der Waals surface area (Å²) in [7, 11) is 0. The van der Waals surface area contributed by atoms with Crippen molar-refractivity contribution in [3.63, 3.8) is 0 Å². The zero-order valence-electron chi connectivity index (χ0n) is 16.7. The number of amides is 2. The van der Waals surface area contributed by atoms with E-state index in [-0.39, 0.29) is 23.8 Å². The van der Waals surface area contributed by atoms with Gasteiger partial charge in [0, 0.05) is 31.6 Å². The van der Waals surface area contributed by atoms with Crippen molar-refractivity contribution in [2.45, 2.75) is 76.2 Å². The van der Waals surface area contributed by atoms with Gasteiger partial charge in [0.25, 0.3) is 5.91 Å². The van der Waals surface area contributed by atoms with E-state index >= 15 is 0 Å². The van der Waals surface area contributed by atoms with E-state index in [4.69, 9.17) is 0 Å². The van der Waals surface area contributed by atoms with Crippen molar-refractivity contribution in [1.29, 1.82) is 0 Å². The molecule has 0 unspecified atom stereocenters. The molecule has 2 aliphatic carbocycles. The summed E-state index contributed by atoms with van der Waals surface area (Å²) in [4.78, 5) is 30.5. The normalized spacial score (nSPS) is 29.1. The smallest absolute Gasteiger partial charge is 0.257 e. The topological polar surface area (TPSA) is 69.3 Å². The quantitative estimate of drug-likeness (QED) is 0.866. The molecular weight excluding hydrogens is 352 g/mol. The van der Waals surface area contributed by atoms with Gasteiger partial charge in [0.1, 0.15) is 0 Å². The molecule has 1 aromatic rings. The second kappa shape index (κ2) is 7.53. The Balaban J connectivity index is 1.34. The summed E-state index contributed by atoms with van der Waals surface area (Å²) in [6, 6.07) is 0.195. The van der Waals surface area contributed by atoms with Crippen molar-refractivity contribution < 1.29 is 9.59 Å². The van der Waals surface area contributed by atoms with Crippen LogP contribution in [0.2, 0.25) is 0 Å². The van der Waals surface area contributed by atoms with Crippen molar-refractivity contribution in [2.24, 2.45) is 11.8 Å². The van der Waals surface area contributed by atoms with Crippen LogP contribution in [0.3, 0.4) is 0 Å². The molecule has 6 heteroatoms. The van der Waals surface area contributed by atoms with Gasteiger partial charge in [0.15, 0.2) is 0 Å². The second-order valence-electron chi connectivity index (χ2n) is 9.46. The second-order valence-corrected chi connectivity index (χ2v) is 9.46. The first-order valence-corrected chi connectivity index (χ1v) is 11.3. The monoisotopic (exact) mass is 384 g/mol. The molecule has 2 amide bonds. The van der Waals surface area contributed by atoms with Crippen LogP contribution in [0.4, 0.5) is 0 Å². The summed E-state index contributed by atoms with van der Waals surface area (Å²) < 4.78 is 0. The predicted molar refractivity (Wildman–Crippen MR) is 106 cm³/mol. The first-order valence-electron chi connectivity index (χ1n) is 11.3. The number of fused-ring (bicyclic) bond motifs is 4. The lowest BCUT2D eigenvalue weighted by molar-refractivity contribution is -0.141. The summed E-state index contributed by atoms with van der Waals surface area (Å²) in [6.45, 7) is 2.16. The largest absolute Gasteiger partial charge is 0.337 e. The number of aromatic amines is 1. The van der Waals surface area contributed by atoms with E-state index in [1.54, 1.807) is 6.20 Å². The minimum atomic E-state index is -0.0205. The lowest BCUT2D eigenvalue weighted by Gasteiger charge is -2.40. The Kier molecular flexibility index (Phi) is 4.89. The maximum Gasteiger partial charge on any atom is 0.257 e. The number of hydrogen-bond acceptors (Lipinski definition) is 3. The third-order valence-corrected chi connectivity index (χ3v) is 7.67. The number of nitrogens with zero attached hydrogens (tertiary/aromatic N) is 3. The van der Waals surface area contributed by atoms with Gasteiger partial charge in [0.2, 0.25) is 5.91 Å². The van der Waals surface area contributed by atoms with Crippen LogP contribution in [0.5, 0.6) is 0 Å². The Morgan fingerprint density at radius 3 is 2.57 bits per heavy atom. The van der Waals surface area contributed by atoms with Crippen LogP contribution in [0, 0.1) is 11.8 Å². The van der Waals surface area contributed by atoms with Crippen molar-refractivity contribution in [3.8, 4) is 0 Å². The van der Waals surface area contributed by atoms with Crippen molar-refractivity contribution >= 4 is 11.8 Å². The van der Waals surface area contributed by atoms with Gasteiger partial charge in [-0.2, -0.15) is 5.10 Å². The van der Waals surface area contributed by atoms with Crippen LogP contribution in [0.25, 0.3) is 0 Å².